The lowest BCUT2D eigenvalue weighted by Gasteiger charge is -2.56. The number of Topliss-reactive ketones (excluding diaryl/α,β-unsaturated/α-hetero) is 1. The van der Waals surface area contributed by atoms with Gasteiger partial charge in [-0.05, 0) is 63.2 Å². The molecule has 4 saturated carbocycles. The molecule has 5 rings (SSSR count). The Morgan fingerprint density at radius 2 is 1.86 bits per heavy atom. The Morgan fingerprint density at radius 1 is 1.29 bits per heavy atom. The molecule has 1 aromatic heterocycles. The largest absolute Gasteiger partial charge is 0.312 e. The number of hydrogen-bond acceptors (Lipinski definition) is 4. The van der Waals surface area contributed by atoms with E-state index in [4.69, 9.17) is 0 Å². The first-order chi connectivity index (χ1) is 10.1. The Kier molecular flexibility index (Phi) is 3.18. The minimum Gasteiger partial charge on any atom is -0.312 e. The minimum atomic E-state index is -0.0100. The number of carbonyl (C=O) groups is 1. The highest BCUT2D eigenvalue weighted by atomic mass is 32.2. The highest BCUT2D eigenvalue weighted by Crippen LogP contribution is 2.61. The fraction of sp³-hybridized carbons (Fsp3) is 0.812. The number of aromatic nitrogens is 3. The third-order valence-electron chi connectivity index (χ3n) is 5.88. The van der Waals surface area contributed by atoms with Crippen LogP contribution in [-0.4, -0.2) is 25.8 Å². The molecule has 4 bridgehead atoms. The molecule has 21 heavy (non-hydrogen) atoms. The first-order valence-corrected chi connectivity index (χ1v) is 8.99. The summed E-state index contributed by atoms with van der Waals surface area (Å²) in [6.45, 7) is 2.06. The summed E-state index contributed by atoms with van der Waals surface area (Å²) in [4.78, 5) is 13.2. The first-order valence-electron chi connectivity index (χ1n) is 8.11. The van der Waals surface area contributed by atoms with E-state index in [1.165, 1.54) is 19.3 Å². The van der Waals surface area contributed by atoms with Gasteiger partial charge in [0, 0.05) is 12.5 Å². The summed E-state index contributed by atoms with van der Waals surface area (Å²) in [6, 6.07) is 0. The van der Waals surface area contributed by atoms with E-state index < -0.39 is 0 Å². The maximum absolute atomic E-state index is 13.2. The molecule has 4 aliphatic rings. The number of nitrogens with zero attached hydrogens (tertiary/aromatic N) is 3. The van der Waals surface area contributed by atoms with Crippen molar-refractivity contribution in [1.82, 2.24) is 14.8 Å². The third-order valence-corrected chi connectivity index (χ3v) is 7.03. The van der Waals surface area contributed by atoms with Crippen LogP contribution in [-0.2, 0) is 11.8 Å². The summed E-state index contributed by atoms with van der Waals surface area (Å²) in [5.41, 5.74) is -0.000239. The normalized spacial score (nSPS) is 38.7. The van der Waals surface area contributed by atoms with Crippen molar-refractivity contribution in [2.24, 2.45) is 30.2 Å². The highest BCUT2D eigenvalue weighted by molar-refractivity contribution is 8.00. The molecule has 0 aliphatic heterocycles. The molecule has 0 amide bonds. The van der Waals surface area contributed by atoms with Crippen LogP contribution in [0.4, 0.5) is 0 Å². The van der Waals surface area contributed by atoms with Crippen LogP contribution in [0.25, 0.3) is 0 Å². The number of carbonyl (C=O) groups excluding carboxylic acids is 1. The van der Waals surface area contributed by atoms with Gasteiger partial charge in [-0.2, -0.15) is 0 Å². The van der Waals surface area contributed by atoms with Crippen molar-refractivity contribution in [3.05, 3.63) is 6.33 Å². The number of ketones is 1. The molecular formula is C16H23N3OS. The molecule has 114 valence electrons. The standard InChI is InChI=1S/C16H23N3OS/c1-10(21-15-18-17-9-19(15)2)14(20)16-6-11-3-12(7-16)5-13(4-11)8-16/h9-13H,3-8H2,1-2H3. The molecule has 4 fully saturated rings. The fourth-order valence-electron chi connectivity index (χ4n) is 5.43. The Hall–Kier alpha value is -0.840. The van der Waals surface area contributed by atoms with Gasteiger partial charge < -0.3 is 4.57 Å². The molecule has 1 aromatic rings. The maximum Gasteiger partial charge on any atom is 0.191 e. The Morgan fingerprint density at radius 3 is 2.33 bits per heavy atom. The molecule has 4 aliphatic carbocycles. The van der Waals surface area contributed by atoms with E-state index in [0.29, 0.717) is 5.78 Å². The lowest BCUT2D eigenvalue weighted by atomic mass is 9.48. The summed E-state index contributed by atoms with van der Waals surface area (Å²) in [6.07, 6.45) is 9.32. The molecule has 0 aromatic carbocycles. The second kappa shape index (κ2) is 4.83. The summed E-state index contributed by atoms with van der Waals surface area (Å²) in [5, 5.41) is 8.85. The van der Waals surface area contributed by atoms with Gasteiger partial charge >= 0.3 is 0 Å². The van der Waals surface area contributed by atoms with Gasteiger partial charge in [-0.25, -0.2) is 0 Å². The molecule has 4 nitrogen and oxygen atoms in total. The van der Waals surface area contributed by atoms with Crippen molar-refractivity contribution in [3.8, 4) is 0 Å². The van der Waals surface area contributed by atoms with E-state index >= 15 is 0 Å². The molecule has 5 heteroatoms. The second-order valence-corrected chi connectivity index (χ2v) is 8.85. The highest BCUT2D eigenvalue weighted by Gasteiger charge is 2.55. The van der Waals surface area contributed by atoms with Gasteiger partial charge in [-0.1, -0.05) is 11.8 Å². The average molecular weight is 305 g/mol. The van der Waals surface area contributed by atoms with Crippen molar-refractivity contribution in [2.75, 3.05) is 0 Å². The third kappa shape index (κ3) is 2.24. The smallest absolute Gasteiger partial charge is 0.191 e. The van der Waals surface area contributed by atoms with Gasteiger partial charge in [0.2, 0.25) is 0 Å². The van der Waals surface area contributed by atoms with E-state index in [1.807, 2.05) is 11.6 Å². The van der Waals surface area contributed by atoms with Crippen molar-refractivity contribution in [2.45, 2.75) is 55.9 Å². The molecule has 0 N–H and O–H groups in total. The molecule has 1 unspecified atom stereocenters. The zero-order valence-electron chi connectivity index (χ0n) is 12.8. The van der Waals surface area contributed by atoms with E-state index in [2.05, 4.69) is 17.1 Å². The van der Waals surface area contributed by atoms with Crippen LogP contribution < -0.4 is 0 Å². The van der Waals surface area contributed by atoms with Crippen LogP contribution in [0.15, 0.2) is 11.5 Å². The van der Waals surface area contributed by atoms with E-state index in [-0.39, 0.29) is 10.7 Å². The molecule has 0 saturated heterocycles. The van der Waals surface area contributed by atoms with Gasteiger partial charge in [-0.3, -0.25) is 4.79 Å². The van der Waals surface area contributed by atoms with Gasteiger partial charge in [0.15, 0.2) is 10.9 Å². The Bertz CT molecular complexity index is 532. The number of hydrogen-bond donors (Lipinski definition) is 0. The lowest BCUT2D eigenvalue weighted by molar-refractivity contribution is -0.142. The van der Waals surface area contributed by atoms with Gasteiger partial charge in [0.1, 0.15) is 6.33 Å². The van der Waals surface area contributed by atoms with Crippen LogP contribution in [0.1, 0.15) is 45.4 Å². The molecule has 1 atom stereocenters. The molecular weight excluding hydrogens is 282 g/mol. The fourth-order valence-corrected chi connectivity index (χ4v) is 6.42. The first kappa shape index (κ1) is 13.8. The van der Waals surface area contributed by atoms with E-state index in [1.54, 1.807) is 18.1 Å². The Labute approximate surface area is 130 Å². The summed E-state index contributed by atoms with van der Waals surface area (Å²) >= 11 is 1.57. The number of rotatable bonds is 4. The quantitative estimate of drug-likeness (QED) is 0.802. The Balaban J connectivity index is 1.53. The average Bonchev–Trinajstić information content (AvgIpc) is 2.82. The van der Waals surface area contributed by atoms with Crippen LogP contribution in [0.2, 0.25) is 0 Å². The van der Waals surface area contributed by atoms with Crippen LogP contribution in [0, 0.1) is 23.2 Å². The van der Waals surface area contributed by atoms with E-state index in [0.717, 1.165) is 42.2 Å². The monoisotopic (exact) mass is 305 g/mol. The predicted octanol–water partition coefficient (Wildman–Crippen LogP) is 3.08. The maximum atomic E-state index is 13.2. The SMILES string of the molecule is CC(Sc1nncn1C)C(=O)C12CC3CC(CC(C3)C1)C2. The molecule has 0 radical (unpaired) electrons. The van der Waals surface area contributed by atoms with Crippen LogP contribution in [0.5, 0.6) is 0 Å². The van der Waals surface area contributed by atoms with Crippen LogP contribution in [0.3, 0.4) is 0 Å². The topological polar surface area (TPSA) is 47.8 Å². The zero-order valence-corrected chi connectivity index (χ0v) is 13.6. The number of thioether (sulfide) groups is 1. The van der Waals surface area contributed by atoms with Gasteiger partial charge in [-0.15, -0.1) is 10.2 Å². The zero-order chi connectivity index (χ0) is 14.6. The van der Waals surface area contributed by atoms with Crippen molar-refractivity contribution in [1.29, 1.82) is 0 Å². The second-order valence-electron chi connectivity index (χ2n) is 7.55. The lowest BCUT2D eigenvalue weighted by Crippen LogP contribution is -2.51. The van der Waals surface area contributed by atoms with Crippen molar-refractivity contribution in [3.63, 3.8) is 0 Å². The molecule has 1 heterocycles. The summed E-state index contributed by atoms with van der Waals surface area (Å²) in [5.74, 6) is 2.96. The van der Waals surface area contributed by atoms with Gasteiger partial charge in [0.25, 0.3) is 0 Å². The molecule has 0 spiro atoms. The van der Waals surface area contributed by atoms with Crippen LogP contribution >= 0.6 is 11.8 Å². The summed E-state index contributed by atoms with van der Waals surface area (Å²) in [7, 11) is 1.93. The van der Waals surface area contributed by atoms with Crippen molar-refractivity contribution >= 4 is 17.5 Å². The van der Waals surface area contributed by atoms with Gasteiger partial charge in [0.05, 0.1) is 5.25 Å². The summed E-state index contributed by atoms with van der Waals surface area (Å²) < 4.78 is 1.90. The predicted molar refractivity (Wildman–Crippen MR) is 81.9 cm³/mol. The minimum absolute atomic E-state index is 0.000239. The number of aryl methyl sites for hydroxylation is 1. The van der Waals surface area contributed by atoms with Crippen molar-refractivity contribution < 1.29 is 4.79 Å². The van der Waals surface area contributed by atoms with E-state index in [9.17, 15) is 4.79 Å².